The van der Waals surface area contributed by atoms with Crippen molar-refractivity contribution in [3.8, 4) is 11.1 Å². The molecule has 0 bridgehead atoms. The van der Waals surface area contributed by atoms with Crippen LogP contribution in [0.2, 0.25) is 0 Å². The van der Waals surface area contributed by atoms with Crippen LogP contribution in [-0.2, 0) is 6.42 Å². The first-order valence-corrected chi connectivity index (χ1v) is 7.64. The van der Waals surface area contributed by atoms with Crippen molar-refractivity contribution in [2.24, 2.45) is 0 Å². The molecular formula is C21H15N. The SMILES string of the molecule is C=Cn1c2ccccc2c2c3c(ccc21)Cc1ccccc1-3. The number of hydrogen-bond donors (Lipinski definition) is 0. The Kier molecular flexibility index (Phi) is 2.21. The van der Waals surface area contributed by atoms with Crippen molar-refractivity contribution in [2.45, 2.75) is 6.42 Å². The van der Waals surface area contributed by atoms with E-state index in [-0.39, 0.29) is 0 Å². The Morgan fingerprint density at radius 1 is 0.818 bits per heavy atom. The van der Waals surface area contributed by atoms with Gasteiger partial charge in [0, 0.05) is 17.0 Å². The van der Waals surface area contributed by atoms with Crippen molar-refractivity contribution in [3.05, 3.63) is 78.4 Å². The van der Waals surface area contributed by atoms with E-state index in [1.165, 1.54) is 44.1 Å². The predicted octanol–water partition coefficient (Wildman–Crippen LogP) is 5.47. The summed E-state index contributed by atoms with van der Waals surface area (Å²) in [6.45, 7) is 4.00. The first kappa shape index (κ1) is 11.8. The van der Waals surface area contributed by atoms with Crippen LogP contribution in [0, 0.1) is 0 Å². The van der Waals surface area contributed by atoms with E-state index >= 15 is 0 Å². The monoisotopic (exact) mass is 281 g/mol. The average Bonchev–Trinajstić information content (AvgIpc) is 3.09. The van der Waals surface area contributed by atoms with Crippen LogP contribution in [0.3, 0.4) is 0 Å². The second-order valence-electron chi connectivity index (χ2n) is 5.90. The Hall–Kier alpha value is -2.80. The van der Waals surface area contributed by atoms with Crippen LogP contribution in [0.1, 0.15) is 11.1 Å². The van der Waals surface area contributed by atoms with Gasteiger partial charge in [-0.2, -0.15) is 0 Å². The first-order chi connectivity index (χ1) is 10.9. The van der Waals surface area contributed by atoms with E-state index < -0.39 is 0 Å². The van der Waals surface area contributed by atoms with Crippen LogP contribution in [0.25, 0.3) is 39.1 Å². The third-order valence-electron chi connectivity index (χ3n) is 4.81. The van der Waals surface area contributed by atoms with Gasteiger partial charge in [0.05, 0.1) is 11.0 Å². The summed E-state index contributed by atoms with van der Waals surface area (Å²) in [4.78, 5) is 0. The van der Waals surface area contributed by atoms with Crippen molar-refractivity contribution in [2.75, 3.05) is 0 Å². The molecule has 1 aromatic heterocycles. The molecule has 0 N–H and O–H groups in total. The zero-order valence-corrected chi connectivity index (χ0v) is 12.2. The molecule has 5 rings (SSSR count). The van der Waals surface area contributed by atoms with E-state index in [2.05, 4.69) is 71.8 Å². The fourth-order valence-corrected chi connectivity index (χ4v) is 3.91. The van der Waals surface area contributed by atoms with Gasteiger partial charge >= 0.3 is 0 Å². The van der Waals surface area contributed by atoms with Gasteiger partial charge in [0.25, 0.3) is 0 Å². The van der Waals surface area contributed by atoms with Crippen molar-refractivity contribution in [1.29, 1.82) is 0 Å². The van der Waals surface area contributed by atoms with Gasteiger partial charge < -0.3 is 4.57 Å². The molecule has 104 valence electrons. The Morgan fingerprint density at radius 3 is 2.55 bits per heavy atom. The topological polar surface area (TPSA) is 4.93 Å². The molecule has 4 aromatic rings. The summed E-state index contributed by atoms with van der Waals surface area (Å²) in [6, 6.07) is 21.9. The standard InChI is InChI=1S/C21H15N/c1-2-22-18-10-6-5-9-17(18)21-19(22)12-11-15-13-14-7-3-4-8-16(14)20(15)21/h2-12H,1,13H2. The number of benzene rings is 3. The molecule has 0 aliphatic heterocycles. The predicted molar refractivity (Wildman–Crippen MR) is 94.1 cm³/mol. The van der Waals surface area contributed by atoms with E-state index in [0.717, 1.165) is 6.42 Å². The minimum atomic E-state index is 1.04. The summed E-state index contributed by atoms with van der Waals surface area (Å²) in [7, 11) is 0. The molecule has 0 radical (unpaired) electrons. The summed E-state index contributed by atoms with van der Waals surface area (Å²) in [5, 5.41) is 2.67. The molecule has 1 heterocycles. The molecule has 0 atom stereocenters. The normalized spacial score (nSPS) is 12.5. The van der Waals surface area contributed by atoms with E-state index in [9.17, 15) is 0 Å². The van der Waals surface area contributed by atoms with Gasteiger partial charge in [0.15, 0.2) is 0 Å². The zero-order valence-electron chi connectivity index (χ0n) is 12.2. The Balaban J connectivity index is 2.06. The number of aromatic nitrogens is 1. The van der Waals surface area contributed by atoms with Gasteiger partial charge in [0.1, 0.15) is 0 Å². The van der Waals surface area contributed by atoms with Gasteiger partial charge in [-0.05, 0) is 40.8 Å². The van der Waals surface area contributed by atoms with Gasteiger partial charge in [-0.1, -0.05) is 55.1 Å². The molecule has 0 saturated heterocycles. The molecular weight excluding hydrogens is 266 g/mol. The maximum absolute atomic E-state index is 4.00. The fourth-order valence-electron chi connectivity index (χ4n) is 3.91. The van der Waals surface area contributed by atoms with Crippen molar-refractivity contribution in [1.82, 2.24) is 4.57 Å². The highest BCUT2D eigenvalue weighted by atomic mass is 14.9. The van der Waals surface area contributed by atoms with Crippen molar-refractivity contribution >= 4 is 28.0 Å². The molecule has 1 nitrogen and oxygen atoms in total. The third kappa shape index (κ3) is 1.33. The molecule has 0 saturated carbocycles. The minimum absolute atomic E-state index is 1.04. The second-order valence-corrected chi connectivity index (χ2v) is 5.90. The molecule has 0 spiro atoms. The minimum Gasteiger partial charge on any atom is -0.317 e. The quantitative estimate of drug-likeness (QED) is 0.384. The van der Waals surface area contributed by atoms with Crippen LogP contribution in [0.15, 0.2) is 67.2 Å². The Morgan fingerprint density at radius 2 is 1.64 bits per heavy atom. The second kappa shape index (κ2) is 4.11. The molecule has 0 amide bonds. The van der Waals surface area contributed by atoms with Crippen molar-refractivity contribution in [3.63, 3.8) is 0 Å². The highest BCUT2D eigenvalue weighted by molar-refractivity contribution is 6.17. The van der Waals surface area contributed by atoms with Crippen LogP contribution in [0.5, 0.6) is 0 Å². The van der Waals surface area contributed by atoms with E-state index in [4.69, 9.17) is 0 Å². The smallest absolute Gasteiger partial charge is 0.0541 e. The Labute approximate surface area is 129 Å². The highest BCUT2D eigenvalue weighted by Crippen LogP contribution is 2.44. The number of fused-ring (bicyclic) bond motifs is 7. The van der Waals surface area contributed by atoms with Gasteiger partial charge in [-0.15, -0.1) is 0 Å². The molecule has 1 aliphatic carbocycles. The average molecular weight is 281 g/mol. The number of nitrogens with zero attached hydrogens (tertiary/aromatic N) is 1. The van der Waals surface area contributed by atoms with Crippen LogP contribution < -0.4 is 0 Å². The number of rotatable bonds is 1. The summed E-state index contributed by atoms with van der Waals surface area (Å²) in [5.41, 5.74) is 8.12. The molecule has 1 heteroatoms. The van der Waals surface area contributed by atoms with Crippen LogP contribution >= 0.6 is 0 Å². The fraction of sp³-hybridized carbons (Fsp3) is 0.0476. The maximum Gasteiger partial charge on any atom is 0.0541 e. The van der Waals surface area contributed by atoms with E-state index in [0.29, 0.717) is 0 Å². The largest absolute Gasteiger partial charge is 0.317 e. The van der Waals surface area contributed by atoms with E-state index in [1.54, 1.807) is 0 Å². The summed E-state index contributed by atoms with van der Waals surface area (Å²) >= 11 is 0. The summed E-state index contributed by atoms with van der Waals surface area (Å²) < 4.78 is 2.20. The number of hydrogen-bond acceptors (Lipinski definition) is 0. The van der Waals surface area contributed by atoms with Gasteiger partial charge in [0.2, 0.25) is 0 Å². The van der Waals surface area contributed by atoms with Gasteiger partial charge in [-0.3, -0.25) is 0 Å². The zero-order chi connectivity index (χ0) is 14.7. The molecule has 1 aliphatic rings. The van der Waals surface area contributed by atoms with E-state index in [1.807, 2.05) is 6.20 Å². The highest BCUT2D eigenvalue weighted by Gasteiger charge is 2.23. The lowest BCUT2D eigenvalue weighted by molar-refractivity contribution is 1.26. The maximum atomic E-state index is 4.00. The first-order valence-electron chi connectivity index (χ1n) is 7.64. The molecule has 3 aromatic carbocycles. The molecule has 22 heavy (non-hydrogen) atoms. The molecule has 0 fully saturated rings. The van der Waals surface area contributed by atoms with Gasteiger partial charge in [-0.25, -0.2) is 0 Å². The summed E-state index contributed by atoms with van der Waals surface area (Å²) in [5.74, 6) is 0. The molecule has 0 unspecified atom stereocenters. The van der Waals surface area contributed by atoms with Crippen LogP contribution in [0.4, 0.5) is 0 Å². The Bertz CT molecular complexity index is 1070. The number of para-hydroxylation sites is 1. The lowest BCUT2D eigenvalue weighted by Crippen LogP contribution is -1.85. The lowest BCUT2D eigenvalue weighted by Gasteiger charge is -2.05. The van der Waals surface area contributed by atoms with Crippen molar-refractivity contribution < 1.29 is 0 Å². The summed E-state index contributed by atoms with van der Waals surface area (Å²) in [6.07, 6.45) is 2.95. The lowest BCUT2D eigenvalue weighted by atomic mass is 9.99. The van der Waals surface area contributed by atoms with Crippen LogP contribution in [-0.4, -0.2) is 4.57 Å². The third-order valence-corrected chi connectivity index (χ3v) is 4.81.